The summed E-state index contributed by atoms with van der Waals surface area (Å²) in [6.45, 7) is 0. The highest BCUT2D eigenvalue weighted by molar-refractivity contribution is 9.11. The Kier molecular flexibility index (Phi) is 4.91. The monoisotopic (exact) mass is 459 g/mol. The number of aromatic nitrogens is 2. The average Bonchev–Trinajstić information content (AvgIpc) is 2.36. The summed E-state index contributed by atoms with van der Waals surface area (Å²) >= 11 is 17.9. The summed E-state index contributed by atoms with van der Waals surface area (Å²) in [5.74, 6) is 0.0456. The number of anilines is 1. The third kappa shape index (κ3) is 3.43. The molecular weight excluding hydrogens is 457 g/mol. The van der Waals surface area contributed by atoms with Crippen molar-refractivity contribution in [1.29, 1.82) is 0 Å². The molecule has 0 atom stereocenters. The zero-order chi connectivity index (χ0) is 14.9. The highest BCUT2D eigenvalue weighted by atomic mass is 79.9. The van der Waals surface area contributed by atoms with E-state index >= 15 is 0 Å². The summed E-state index contributed by atoms with van der Waals surface area (Å²) in [5.41, 5.74) is 0. The predicted octanol–water partition coefficient (Wildman–Crippen LogP) is 4.11. The minimum Gasteiger partial charge on any atom is -0.261 e. The van der Waals surface area contributed by atoms with Crippen molar-refractivity contribution in [2.45, 2.75) is 4.90 Å². The van der Waals surface area contributed by atoms with Gasteiger partial charge in [0.15, 0.2) is 10.4 Å². The van der Waals surface area contributed by atoms with Crippen molar-refractivity contribution in [2.24, 2.45) is 0 Å². The van der Waals surface area contributed by atoms with E-state index in [-0.39, 0.29) is 25.4 Å². The lowest BCUT2D eigenvalue weighted by molar-refractivity contribution is 0.601. The van der Waals surface area contributed by atoms with E-state index in [2.05, 4.69) is 46.5 Å². The Morgan fingerprint density at radius 2 is 1.90 bits per heavy atom. The van der Waals surface area contributed by atoms with E-state index in [4.69, 9.17) is 23.2 Å². The molecule has 2 rings (SSSR count). The Balaban J connectivity index is 2.44. The van der Waals surface area contributed by atoms with Crippen LogP contribution in [0.2, 0.25) is 10.0 Å². The zero-order valence-electron chi connectivity index (χ0n) is 9.44. The maximum Gasteiger partial charge on any atom is 0.264 e. The number of hydrogen-bond donors (Lipinski definition) is 1. The van der Waals surface area contributed by atoms with Crippen LogP contribution in [0.5, 0.6) is 0 Å². The molecule has 0 bridgehead atoms. The van der Waals surface area contributed by atoms with E-state index in [1.165, 1.54) is 24.4 Å². The Morgan fingerprint density at radius 3 is 2.55 bits per heavy atom. The molecule has 0 amide bonds. The molecule has 0 saturated heterocycles. The van der Waals surface area contributed by atoms with Gasteiger partial charge >= 0.3 is 0 Å². The van der Waals surface area contributed by atoms with Gasteiger partial charge in [0.1, 0.15) is 9.50 Å². The van der Waals surface area contributed by atoms with Crippen LogP contribution < -0.4 is 4.72 Å². The Bertz CT molecular complexity index is 771. The van der Waals surface area contributed by atoms with Gasteiger partial charge in [-0.25, -0.2) is 18.4 Å². The van der Waals surface area contributed by atoms with Crippen molar-refractivity contribution in [3.8, 4) is 0 Å². The molecular formula is C10H5Br2Cl2N3O2S. The molecule has 10 heteroatoms. The molecule has 0 spiro atoms. The summed E-state index contributed by atoms with van der Waals surface area (Å²) in [7, 11) is -3.92. The molecule has 2 aromatic rings. The van der Waals surface area contributed by atoms with Gasteiger partial charge in [-0.3, -0.25) is 4.72 Å². The lowest BCUT2D eigenvalue weighted by atomic mass is 10.4. The van der Waals surface area contributed by atoms with Crippen LogP contribution in [-0.2, 0) is 10.0 Å². The van der Waals surface area contributed by atoms with Crippen molar-refractivity contribution in [3.63, 3.8) is 0 Å². The van der Waals surface area contributed by atoms with E-state index < -0.39 is 10.0 Å². The van der Waals surface area contributed by atoms with E-state index in [1.807, 2.05) is 0 Å². The van der Waals surface area contributed by atoms with Crippen LogP contribution in [0.1, 0.15) is 0 Å². The minimum atomic E-state index is -3.92. The topological polar surface area (TPSA) is 72.0 Å². The van der Waals surface area contributed by atoms with Crippen LogP contribution >= 0.6 is 55.1 Å². The van der Waals surface area contributed by atoms with Crippen molar-refractivity contribution >= 4 is 70.9 Å². The molecule has 0 saturated carbocycles. The number of benzene rings is 1. The minimum absolute atomic E-state index is 0.0456. The smallest absolute Gasteiger partial charge is 0.261 e. The number of halogens is 4. The molecule has 0 aliphatic rings. The Morgan fingerprint density at radius 1 is 1.20 bits per heavy atom. The third-order valence-electron chi connectivity index (χ3n) is 2.14. The molecule has 0 aliphatic carbocycles. The summed E-state index contributed by atoms with van der Waals surface area (Å²) in [5, 5.41) is 0.0957. The predicted molar refractivity (Wildman–Crippen MR) is 84.7 cm³/mol. The van der Waals surface area contributed by atoms with Gasteiger partial charge in [0.05, 0.1) is 16.2 Å². The van der Waals surface area contributed by atoms with Crippen LogP contribution in [0.3, 0.4) is 0 Å². The van der Waals surface area contributed by atoms with E-state index in [0.717, 1.165) is 0 Å². The SMILES string of the molecule is O=S(=O)(Nc1ncc(Br)nc1Br)c1cccc(Cl)c1Cl. The van der Waals surface area contributed by atoms with Gasteiger partial charge in [0, 0.05) is 0 Å². The van der Waals surface area contributed by atoms with Gasteiger partial charge in [0.2, 0.25) is 0 Å². The first-order valence-electron chi connectivity index (χ1n) is 4.96. The average molecular weight is 462 g/mol. The van der Waals surface area contributed by atoms with E-state index in [0.29, 0.717) is 4.60 Å². The maximum absolute atomic E-state index is 12.3. The first-order valence-corrected chi connectivity index (χ1v) is 8.78. The summed E-state index contributed by atoms with van der Waals surface area (Å²) < 4.78 is 27.5. The molecule has 20 heavy (non-hydrogen) atoms. The van der Waals surface area contributed by atoms with E-state index in [1.54, 1.807) is 0 Å². The number of rotatable bonds is 3. The van der Waals surface area contributed by atoms with Gasteiger partial charge < -0.3 is 0 Å². The van der Waals surface area contributed by atoms with Gasteiger partial charge in [-0.1, -0.05) is 29.3 Å². The quantitative estimate of drug-likeness (QED) is 0.746. The molecule has 0 radical (unpaired) electrons. The fraction of sp³-hybridized carbons (Fsp3) is 0. The first kappa shape index (κ1) is 16.0. The van der Waals surface area contributed by atoms with Gasteiger partial charge in [-0.05, 0) is 44.0 Å². The molecule has 5 nitrogen and oxygen atoms in total. The molecule has 1 aromatic heterocycles. The third-order valence-corrected chi connectivity index (χ3v) is 5.38. The van der Waals surface area contributed by atoms with Crippen molar-refractivity contribution in [2.75, 3.05) is 4.72 Å². The Hall–Kier alpha value is -0.410. The number of sulfonamides is 1. The van der Waals surface area contributed by atoms with E-state index in [9.17, 15) is 8.42 Å². The molecule has 0 aliphatic heterocycles. The van der Waals surface area contributed by atoms with Crippen molar-refractivity contribution in [3.05, 3.63) is 43.6 Å². The van der Waals surface area contributed by atoms with Gasteiger partial charge in [0.25, 0.3) is 10.0 Å². The standard InChI is InChI=1S/C10H5Br2Cl2N3O2S/c11-7-4-15-10(9(12)16-7)17-20(18,19)6-3-1-2-5(13)8(6)14/h1-4H,(H,15,17). The molecule has 1 N–H and O–H groups in total. The zero-order valence-corrected chi connectivity index (χ0v) is 14.9. The number of nitrogens with zero attached hydrogens (tertiary/aromatic N) is 2. The van der Waals surface area contributed by atoms with Crippen LogP contribution in [0.15, 0.2) is 38.5 Å². The largest absolute Gasteiger partial charge is 0.264 e. The number of hydrogen-bond acceptors (Lipinski definition) is 4. The van der Waals surface area contributed by atoms with Crippen LogP contribution in [0.25, 0.3) is 0 Å². The normalized spacial score (nSPS) is 11.4. The fourth-order valence-electron chi connectivity index (χ4n) is 1.29. The van der Waals surface area contributed by atoms with Gasteiger partial charge in [-0.2, -0.15) is 0 Å². The summed E-state index contributed by atoms with van der Waals surface area (Å²) in [6.07, 6.45) is 1.36. The van der Waals surface area contributed by atoms with Crippen molar-refractivity contribution in [1.82, 2.24) is 9.97 Å². The summed E-state index contributed by atoms with van der Waals surface area (Å²) in [6, 6.07) is 4.33. The second kappa shape index (κ2) is 6.15. The molecule has 1 heterocycles. The molecule has 0 fully saturated rings. The van der Waals surface area contributed by atoms with Gasteiger partial charge in [-0.15, -0.1) is 0 Å². The molecule has 1 aromatic carbocycles. The lowest BCUT2D eigenvalue weighted by Crippen LogP contribution is -2.15. The van der Waals surface area contributed by atoms with Crippen LogP contribution in [0, 0.1) is 0 Å². The van der Waals surface area contributed by atoms with Crippen LogP contribution in [-0.4, -0.2) is 18.4 Å². The van der Waals surface area contributed by atoms with Crippen molar-refractivity contribution < 1.29 is 8.42 Å². The van der Waals surface area contributed by atoms with Crippen LogP contribution in [0.4, 0.5) is 5.82 Å². The highest BCUT2D eigenvalue weighted by Gasteiger charge is 2.21. The summed E-state index contributed by atoms with van der Waals surface area (Å²) in [4.78, 5) is 7.76. The molecule has 106 valence electrons. The number of nitrogens with one attached hydrogen (secondary N) is 1. The lowest BCUT2D eigenvalue weighted by Gasteiger charge is -2.10. The first-order chi connectivity index (χ1) is 9.31. The maximum atomic E-state index is 12.3. The highest BCUT2D eigenvalue weighted by Crippen LogP contribution is 2.30. The Labute approximate surface area is 142 Å². The second-order valence-electron chi connectivity index (χ2n) is 3.49. The fourth-order valence-corrected chi connectivity index (χ4v) is 4.11. The second-order valence-corrected chi connectivity index (χ2v) is 7.49. The molecule has 0 unspecified atom stereocenters.